The van der Waals surface area contributed by atoms with Gasteiger partial charge < -0.3 is 4.90 Å². The van der Waals surface area contributed by atoms with Gasteiger partial charge in [-0.3, -0.25) is 0 Å². The number of benzene rings is 2. The summed E-state index contributed by atoms with van der Waals surface area (Å²) in [6, 6.07) is 19.3. The fraction of sp³-hybridized carbons (Fsp3) is 0.125. The standard InChI is InChI=1S/C16H12ClN3/c17-15-8-4-9-16(14(15)12-19)20(11-5-10-18)13-6-2-1-3-7-13/h1-4,6-9H,5,11H2. The largest absolute Gasteiger partial charge is 0.339 e. The lowest BCUT2D eigenvalue weighted by molar-refractivity contribution is 0.946. The highest BCUT2D eigenvalue weighted by atomic mass is 35.5. The third-order valence-electron chi connectivity index (χ3n) is 2.91. The number of halogens is 1. The maximum atomic E-state index is 9.29. The Bertz CT molecular complexity index is 668. The molecule has 2 aromatic rings. The lowest BCUT2D eigenvalue weighted by atomic mass is 10.1. The Labute approximate surface area is 123 Å². The molecule has 0 bridgehead atoms. The third kappa shape index (κ3) is 2.91. The molecule has 0 heterocycles. The number of nitriles is 2. The van der Waals surface area contributed by atoms with Gasteiger partial charge in [0.1, 0.15) is 6.07 Å². The molecular weight excluding hydrogens is 270 g/mol. The van der Waals surface area contributed by atoms with Gasteiger partial charge in [0.05, 0.1) is 28.8 Å². The van der Waals surface area contributed by atoms with Crippen LogP contribution in [-0.4, -0.2) is 6.54 Å². The van der Waals surface area contributed by atoms with Gasteiger partial charge in [-0.1, -0.05) is 35.9 Å². The first-order valence-electron chi connectivity index (χ1n) is 6.16. The van der Waals surface area contributed by atoms with E-state index in [9.17, 15) is 5.26 Å². The lowest BCUT2D eigenvalue weighted by Gasteiger charge is -2.25. The van der Waals surface area contributed by atoms with E-state index in [-0.39, 0.29) is 0 Å². The van der Waals surface area contributed by atoms with Gasteiger partial charge in [0.2, 0.25) is 0 Å². The lowest BCUT2D eigenvalue weighted by Crippen LogP contribution is -2.19. The topological polar surface area (TPSA) is 50.8 Å². The summed E-state index contributed by atoms with van der Waals surface area (Å²) in [4.78, 5) is 1.94. The molecule has 2 aromatic carbocycles. The number of nitrogens with zero attached hydrogens (tertiary/aromatic N) is 3. The van der Waals surface area contributed by atoms with E-state index in [1.165, 1.54) is 0 Å². The van der Waals surface area contributed by atoms with Gasteiger partial charge in [0, 0.05) is 12.2 Å². The molecule has 0 aliphatic rings. The van der Waals surface area contributed by atoms with Crippen molar-refractivity contribution in [1.29, 1.82) is 10.5 Å². The van der Waals surface area contributed by atoms with Gasteiger partial charge in [-0.05, 0) is 24.3 Å². The minimum atomic E-state index is 0.367. The average Bonchev–Trinajstić information content (AvgIpc) is 2.49. The van der Waals surface area contributed by atoms with Crippen LogP contribution in [0.2, 0.25) is 5.02 Å². The van der Waals surface area contributed by atoms with Crippen molar-refractivity contribution < 1.29 is 0 Å². The van der Waals surface area contributed by atoms with Crippen LogP contribution in [0.5, 0.6) is 0 Å². The molecule has 0 amide bonds. The van der Waals surface area contributed by atoms with Crippen molar-refractivity contribution in [2.24, 2.45) is 0 Å². The molecular formula is C16H12ClN3. The van der Waals surface area contributed by atoms with E-state index >= 15 is 0 Å². The molecule has 0 unspecified atom stereocenters. The molecule has 3 nitrogen and oxygen atoms in total. The molecule has 0 saturated carbocycles. The van der Waals surface area contributed by atoms with Crippen molar-refractivity contribution in [3.63, 3.8) is 0 Å². The Kier molecular flexibility index (Phi) is 4.60. The predicted molar refractivity (Wildman–Crippen MR) is 79.8 cm³/mol. The van der Waals surface area contributed by atoms with Gasteiger partial charge in [-0.15, -0.1) is 0 Å². The molecule has 20 heavy (non-hydrogen) atoms. The van der Waals surface area contributed by atoms with E-state index in [4.69, 9.17) is 16.9 Å². The Hall–Kier alpha value is -2.49. The van der Waals surface area contributed by atoms with Crippen LogP contribution >= 0.6 is 11.6 Å². The van der Waals surface area contributed by atoms with Gasteiger partial charge in [-0.2, -0.15) is 10.5 Å². The summed E-state index contributed by atoms with van der Waals surface area (Å²) in [7, 11) is 0. The molecule has 0 saturated heterocycles. The molecule has 0 N–H and O–H groups in total. The minimum absolute atomic E-state index is 0.367. The first-order valence-corrected chi connectivity index (χ1v) is 6.54. The molecule has 2 rings (SSSR count). The molecule has 0 aromatic heterocycles. The maximum Gasteiger partial charge on any atom is 0.103 e. The number of rotatable bonds is 4. The maximum absolute atomic E-state index is 9.29. The molecule has 0 radical (unpaired) electrons. The normalized spacial score (nSPS) is 9.55. The summed E-state index contributed by atoms with van der Waals surface area (Å²) in [6.07, 6.45) is 0.367. The Balaban J connectivity index is 2.51. The van der Waals surface area contributed by atoms with Crippen molar-refractivity contribution in [1.82, 2.24) is 0 Å². The Morgan fingerprint density at radius 3 is 2.40 bits per heavy atom. The van der Waals surface area contributed by atoms with Crippen LogP contribution in [0.15, 0.2) is 48.5 Å². The summed E-state index contributed by atoms with van der Waals surface area (Å²) in [5, 5.41) is 18.5. The van der Waals surface area contributed by atoms with Crippen molar-refractivity contribution in [2.75, 3.05) is 11.4 Å². The van der Waals surface area contributed by atoms with Crippen LogP contribution in [0.4, 0.5) is 11.4 Å². The van der Waals surface area contributed by atoms with Crippen LogP contribution in [-0.2, 0) is 0 Å². The van der Waals surface area contributed by atoms with Gasteiger partial charge in [0.25, 0.3) is 0 Å². The second-order valence-electron chi connectivity index (χ2n) is 4.14. The summed E-state index contributed by atoms with van der Waals surface area (Å²) in [5.74, 6) is 0. The van der Waals surface area contributed by atoms with Crippen LogP contribution in [0.1, 0.15) is 12.0 Å². The van der Waals surface area contributed by atoms with E-state index in [2.05, 4.69) is 12.1 Å². The minimum Gasteiger partial charge on any atom is -0.339 e. The molecule has 0 fully saturated rings. The quantitative estimate of drug-likeness (QED) is 0.841. The monoisotopic (exact) mass is 281 g/mol. The zero-order chi connectivity index (χ0) is 14.4. The highest BCUT2D eigenvalue weighted by Crippen LogP contribution is 2.32. The fourth-order valence-corrected chi connectivity index (χ4v) is 2.22. The van der Waals surface area contributed by atoms with Crippen molar-refractivity contribution in [3.05, 3.63) is 59.1 Å². The van der Waals surface area contributed by atoms with Crippen LogP contribution in [0, 0.1) is 22.7 Å². The number of hydrogen-bond acceptors (Lipinski definition) is 3. The summed E-state index contributed by atoms with van der Waals surface area (Å²) in [5.41, 5.74) is 2.08. The van der Waals surface area contributed by atoms with E-state index in [1.54, 1.807) is 12.1 Å². The van der Waals surface area contributed by atoms with Crippen molar-refractivity contribution in [2.45, 2.75) is 6.42 Å². The predicted octanol–water partition coefficient (Wildman–Crippen LogP) is 4.26. The van der Waals surface area contributed by atoms with E-state index in [0.29, 0.717) is 23.6 Å². The zero-order valence-electron chi connectivity index (χ0n) is 10.8. The van der Waals surface area contributed by atoms with Crippen LogP contribution in [0.3, 0.4) is 0 Å². The second-order valence-corrected chi connectivity index (χ2v) is 4.55. The van der Waals surface area contributed by atoms with Crippen molar-refractivity contribution in [3.8, 4) is 12.1 Å². The molecule has 0 aliphatic carbocycles. The Morgan fingerprint density at radius 1 is 1.00 bits per heavy atom. The van der Waals surface area contributed by atoms with E-state index < -0.39 is 0 Å². The first-order chi connectivity index (χ1) is 9.77. The highest BCUT2D eigenvalue weighted by molar-refractivity contribution is 6.32. The zero-order valence-corrected chi connectivity index (χ0v) is 11.5. The summed E-state index contributed by atoms with van der Waals surface area (Å²) >= 11 is 6.08. The molecule has 98 valence electrons. The summed E-state index contributed by atoms with van der Waals surface area (Å²) < 4.78 is 0. The fourth-order valence-electron chi connectivity index (χ4n) is 2.01. The van der Waals surface area contributed by atoms with Crippen LogP contribution in [0.25, 0.3) is 0 Å². The molecule has 0 atom stereocenters. The third-order valence-corrected chi connectivity index (χ3v) is 3.22. The van der Waals surface area contributed by atoms with Gasteiger partial charge in [-0.25, -0.2) is 0 Å². The highest BCUT2D eigenvalue weighted by Gasteiger charge is 2.15. The number of anilines is 2. The molecule has 4 heteroatoms. The summed E-state index contributed by atoms with van der Waals surface area (Å²) in [6.45, 7) is 0.509. The van der Waals surface area contributed by atoms with Crippen LogP contribution < -0.4 is 4.90 Å². The second kappa shape index (κ2) is 6.61. The first kappa shape index (κ1) is 13.9. The number of hydrogen-bond donors (Lipinski definition) is 0. The van der Waals surface area contributed by atoms with E-state index in [1.807, 2.05) is 41.3 Å². The average molecular weight is 282 g/mol. The smallest absolute Gasteiger partial charge is 0.103 e. The number of para-hydroxylation sites is 1. The SMILES string of the molecule is N#CCCN(c1ccccc1)c1cccc(Cl)c1C#N. The Morgan fingerprint density at radius 2 is 1.75 bits per heavy atom. The van der Waals surface area contributed by atoms with Crippen molar-refractivity contribution >= 4 is 23.0 Å². The van der Waals surface area contributed by atoms with E-state index in [0.717, 1.165) is 11.4 Å². The molecule has 0 spiro atoms. The van der Waals surface area contributed by atoms with Gasteiger partial charge >= 0.3 is 0 Å². The van der Waals surface area contributed by atoms with Gasteiger partial charge in [0.15, 0.2) is 0 Å². The molecule has 0 aliphatic heterocycles.